The summed E-state index contributed by atoms with van der Waals surface area (Å²) in [5.41, 5.74) is 7.35. The van der Waals surface area contributed by atoms with Gasteiger partial charge in [0.15, 0.2) is 0 Å². The molecule has 0 spiro atoms. The lowest BCUT2D eigenvalue weighted by molar-refractivity contribution is -0.0495. The molecule has 1 aromatic rings. The molecule has 5 heteroatoms. The number of ether oxygens (including phenoxy) is 1. The van der Waals surface area contributed by atoms with Gasteiger partial charge in [-0.25, -0.2) is 4.98 Å². The summed E-state index contributed by atoms with van der Waals surface area (Å²) in [5, 5.41) is 3.19. The van der Waals surface area contributed by atoms with Crippen LogP contribution in [0.1, 0.15) is 24.5 Å². The number of nitrogens with two attached hydrogens (primary N) is 1. The van der Waals surface area contributed by atoms with Crippen LogP contribution in [0.3, 0.4) is 0 Å². The highest BCUT2D eigenvalue weighted by molar-refractivity contribution is 7.09. The minimum Gasteiger partial charge on any atom is -0.374 e. The van der Waals surface area contributed by atoms with E-state index in [1.165, 1.54) is 0 Å². The Labute approximate surface area is 113 Å². The van der Waals surface area contributed by atoms with Crippen molar-refractivity contribution in [3.63, 3.8) is 0 Å². The van der Waals surface area contributed by atoms with Crippen LogP contribution in [0.4, 0.5) is 0 Å². The molecule has 18 heavy (non-hydrogen) atoms. The van der Waals surface area contributed by atoms with Crippen molar-refractivity contribution in [2.75, 3.05) is 19.7 Å². The summed E-state index contributed by atoms with van der Waals surface area (Å²) in [6, 6.07) is 0.600. The number of morpholine rings is 1. The largest absolute Gasteiger partial charge is 0.374 e. The quantitative estimate of drug-likeness (QED) is 0.898. The van der Waals surface area contributed by atoms with Gasteiger partial charge in [-0.05, 0) is 20.8 Å². The van der Waals surface area contributed by atoms with Crippen molar-refractivity contribution < 1.29 is 4.74 Å². The maximum absolute atomic E-state index is 6.27. The van der Waals surface area contributed by atoms with E-state index in [1.807, 2.05) is 6.92 Å². The Hall–Kier alpha value is -0.490. The highest BCUT2D eigenvalue weighted by Gasteiger charge is 2.27. The third-order valence-electron chi connectivity index (χ3n) is 3.41. The molecule has 2 unspecified atom stereocenters. The number of aryl methyl sites for hydroxylation is 1. The first-order valence-corrected chi connectivity index (χ1v) is 7.46. The van der Waals surface area contributed by atoms with Gasteiger partial charge in [0, 0.05) is 42.7 Å². The van der Waals surface area contributed by atoms with Crippen LogP contribution >= 0.6 is 11.3 Å². The molecule has 1 aliphatic heterocycles. The molecule has 0 aliphatic carbocycles. The van der Waals surface area contributed by atoms with E-state index in [4.69, 9.17) is 10.5 Å². The van der Waals surface area contributed by atoms with Crippen molar-refractivity contribution >= 4 is 11.3 Å². The lowest BCUT2D eigenvalue weighted by atomic mass is 10.1. The fourth-order valence-electron chi connectivity index (χ4n) is 2.25. The van der Waals surface area contributed by atoms with Crippen LogP contribution in [0.25, 0.3) is 0 Å². The molecule has 1 aliphatic rings. The van der Waals surface area contributed by atoms with Crippen LogP contribution in [0.2, 0.25) is 0 Å². The molecular weight excluding hydrogens is 246 g/mol. The Morgan fingerprint density at radius 1 is 1.61 bits per heavy atom. The fourth-order valence-corrected chi connectivity index (χ4v) is 3.10. The monoisotopic (exact) mass is 269 g/mol. The van der Waals surface area contributed by atoms with Gasteiger partial charge >= 0.3 is 0 Å². The van der Waals surface area contributed by atoms with Crippen molar-refractivity contribution in [1.82, 2.24) is 9.88 Å². The topological polar surface area (TPSA) is 51.4 Å². The van der Waals surface area contributed by atoms with Gasteiger partial charge in [0.2, 0.25) is 0 Å². The highest BCUT2D eigenvalue weighted by atomic mass is 32.1. The number of hydrogen-bond donors (Lipinski definition) is 1. The van der Waals surface area contributed by atoms with E-state index in [9.17, 15) is 0 Å². The van der Waals surface area contributed by atoms with Crippen LogP contribution in [-0.2, 0) is 11.2 Å². The standard InChI is InChI=1S/C13H23N3OS/c1-9(2)16-4-5-17-12(7-16)11(14)6-13-15-10(3)8-18-13/h8-9,11-12H,4-7,14H2,1-3H3. The van der Waals surface area contributed by atoms with Gasteiger partial charge in [-0.2, -0.15) is 0 Å². The summed E-state index contributed by atoms with van der Waals surface area (Å²) < 4.78 is 5.81. The predicted molar refractivity (Wildman–Crippen MR) is 75.0 cm³/mol. The maximum Gasteiger partial charge on any atom is 0.0944 e. The van der Waals surface area contributed by atoms with Gasteiger partial charge in [-0.1, -0.05) is 0 Å². The third-order valence-corrected chi connectivity index (χ3v) is 4.40. The minimum absolute atomic E-state index is 0.0390. The minimum atomic E-state index is 0.0390. The molecule has 1 aromatic heterocycles. The van der Waals surface area contributed by atoms with Crippen LogP contribution in [0, 0.1) is 6.92 Å². The average molecular weight is 269 g/mol. The first kappa shape index (κ1) is 13.9. The van der Waals surface area contributed by atoms with Gasteiger partial charge in [-0.15, -0.1) is 11.3 Å². The van der Waals surface area contributed by atoms with Gasteiger partial charge in [0.1, 0.15) is 0 Å². The van der Waals surface area contributed by atoms with Crippen molar-refractivity contribution in [3.05, 3.63) is 16.1 Å². The SMILES string of the molecule is Cc1csc(CC(N)C2CN(C(C)C)CCO2)n1. The highest BCUT2D eigenvalue weighted by Crippen LogP contribution is 2.16. The summed E-state index contributed by atoms with van der Waals surface area (Å²) in [4.78, 5) is 6.90. The molecule has 1 saturated heterocycles. The molecule has 4 nitrogen and oxygen atoms in total. The van der Waals surface area contributed by atoms with Crippen LogP contribution in [-0.4, -0.2) is 47.8 Å². The summed E-state index contributed by atoms with van der Waals surface area (Å²) in [7, 11) is 0. The first-order chi connectivity index (χ1) is 8.56. The van der Waals surface area contributed by atoms with E-state index in [-0.39, 0.29) is 12.1 Å². The number of rotatable bonds is 4. The van der Waals surface area contributed by atoms with Crippen molar-refractivity contribution in [2.45, 2.75) is 45.4 Å². The van der Waals surface area contributed by atoms with Gasteiger partial charge in [0.05, 0.1) is 17.7 Å². The van der Waals surface area contributed by atoms with E-state index in [2.05, 4.69) is 29.1 Å². The van der Waals surface area contributed by atoms with E-state index in [1.54, 1.807) is 11.3 Å². The van der Waals surface area contributed by atoms with E-state index in [0.717, 1.165) is 36.8 Å². The Kier molecular flexibility index (Phi) is 4.72. The van der Waals surface area contributed by atoms with Gasteiger partial charge < -0.3 is 10.5 Å². The van der Waals surface area contributed by atoms with Crippen LogP contribution in [0.15, 0.2) is 5.38 Å². The van der Waals surface area contributed by atoms with Crippen molar-refractivity contribution in [2.24, 2.45) is 5.73 Å². The number of aromatic nitrogens is 1. The second-order valence-corrected chi connectivity index (χ2v) is 6.19. The molecule has 0 amide bonds. The lowest BCUT2D eigenvalue weighted by Crippen LogP contribution is -2.53. The fraction of sp³-hybridized carbons (Fsp3) is 0.769. The summed E-state index contributed by atoms with van der Waals surface area (Å²) in [6.07, 6.45) is 0.945. The molecule has 0 radical (unpaired) electrons. The Balaban J connectivity index is 1.90. The number of hydrogen-bond acceptors (Lipinski definition) is 5. The molecule has 2 heterocycles. The zero-order valence-corrected chi connectivity index (χ0v) is 12.2. The molecule has 2 atom stereocenters. The second-order valence-electron chi connectivity index (χ2n) is 5.25. The number of nitrogens with zero attached hydrogens (tertiary/aromatic N) is 2. The molecule has 0 bridgehead atoms. The second kappa shape index (κ2) is 6.10. The third kappa shape index (κ3) is 3.51. The van der Waals surface area contributed by atoms with E-state index in [0.29, 0.717) is 6.04 Å². The number of thiazole rings is 1. The molecular formula is C13H23N3OS. The summed E-state index contributed by atoms with van der Waals surface area (Å²) in [5.74, 6) is 0. The molecule has 1 fully saturated rings. The zero-order valence-electron chi connectivity index (χ0n) is 11.4. The maximum atomic E-state index is 6.27. The normalized spacial score (nSPS) is 23.5. The average Bonchev–Trinajstić information content (AvgIpc) is 2.75. The van der Waals surface area contributed by atoms with Crippen molar-refractivity contribution in [1.29, 1.82) is 0 Å². The predicted octanol–water partition coefficient (Wildman–Crippen LogP) is 1.43. The molecule has 102 valence electrons. The summed E-state index contributed by atoms with van der Waals surface area (Å²) >= 11 is 1.69. The van der Waals surface area contributed by atoms with Gasteiger partial charge in [0.25, 0.3) is 0 Å². The van der Waals surface area contributed by atoms with Gasteiger partial charge in [-0.3, -0.25) is 4.90 Å². The lowest BCUT2D eigenvalue weighted by Gasteiger charge is -2.37. The smallest absolute Gasteiger partial charge is 0.0944 e. The zero-order chi connectivity index (χ0) is 13.1. The van der Waals surface area contributed by atoms with Crippen molar-refractivity contribution in [3.8, 4) is 0 Å². The van der Waals surface area contributed by atoms with Crippen LogP contribution in [0.5, 0.6) is 0 Å². The summed E-state index contributed by atoms with van der Waals surface area (Å²) in [6.45, 7) is 9.19. The Bertz CT molecular complexity index is 380. The molecule has 0 saturated carbocycles. The van der Waals surface area contributed by atoms with E-state index < -0.39 is 0 Å². The molecule has 2 N–H and O–H groups in total. The van der Waals surface area contributed by atoms with E-state index >= 15 is 0 Å². The Morgan fingerprint density at radius 3 is 3.00 bits per heavy atom. The molecule has 0 aromatic carbocycles. The Morgan fingerprint density at radius 2 is 2.39 bits per heavy atom. The first-order valence-electron chi connectivity index (χ1n) is 6.58. The van der Waals surface area contributed by atoms with Crippen LogP contribution < -0.4 is 5.73 Å². The molecule has 2 rings (SSSR count).